The van der Waals surface area contributed by atoms with Gasteiger partial charge in [-0.1, -0.05) is 30.3 Å². The van der Waals surface area contributed by atoms with E-state index >= 15 is 0 Å². The van der Waals surface area contributed by atoms with Crippen molar-refractivity contribution in [2.75, 3.05) is 5.32 Å². The fourth-order valence-electron chi connectivity index (χ4n) is 1.62. The summed E-state index contributed by atoms with van der Waals surface area (Å²) in [5.41, 5.74) is 2.01. The molecule has 1 aromatic carbocycles. The van der Waals surface area contributed by atoms with Gasteiger partial charge in [-0.15, -0.1) is 0 Å². The number of carbonyl (C=O) groups is 1. The van der Waals surface area contributed by atoms with Crippen LogP contribution in [-0.2, 0) is 4.79 Å². The number of pyridine rings is 1. The fourth-order valence-corrected chi connectivity index (χ4v) is 1.62. The number of anilines is 1. The van der Waals surface area contributed by atoms with Crippen molar-refractivity contribution < 1.29 is 4.79 Å². The average Bonchev–Trinajstić information content (AvgIpc) is 2.32. The van der Waals surface area contributed by atoms with Gasteiger partial charge in [-0.05, 0) is 5.56 Å². The molecule has 17 heavy (non-hydrogen) atoms. The minimum absolute atomic E-state index is 0.172. The Kier molecular flexibility index (Phi) is 3.05. The molecular weight excluding hydrogens is 216 g/mol. The van der Waals surface area contributed by atoms with Gasteiger partial charge in [-0.25, -0.2) is 0 Å². The topological polar surface area (TPSA) is 62.0 Å². The highest BCUT2D eigenvalue weighted by atomic mass is 16.1. The highest BCUT2D eigenvalue weighted by Gasteiger charge is 2.06. The van der Waals surface area contributed by atoms with E-state index in [-0.39, 0.29) is 11.5 Å². The third-order valence-corrected chi connectivity index (χ3v) is 2.32. The number of aromatic nitrogens is 1. The van der Waals surface area contributed by atoms with E-state index in [2.05, 4.69) is 10.3 Å². The van der Waals surface area contributed by atoms with Crippen LogP contribution in [0.25, 0.3) is 11.1 Å². The molecule has 0 aliphatic heterocycles. The molecule has 2 aromatic rings. The van der Waals surface area contributed by atoms with Crippen LogP contribution in [0.2, 0.25) is 0 Å². The molecule has 0 atom stereocenters. The minimum atomic E-state index is -0.196. The van der Waals surface area contributed by atoms with E-state index in [9.17, 15) is 9.59 Å². The number of carbonyl (C=O) groups excluding carboxylic acids is 1. The van der Waals surface area contributed by atoms with Crippen LogP contribution in [0.15, 0.2) is 47.4 Å². The molecule has 0 bridgehead atoms. The molecule has 1 amide bonds. The highest BCUT2D eigenvalue weighted by molar-refractivity contribution is 5.93. The van der Waals surface area contributed by atoms with Crippen molar-refractivity contribution in [2.24, 2.45) is 0 Å². The molecule has 2 rings (SSSR count). The van der Waals surface area contributed by atoms with Crippen molar-refractivity contribution in [3.8, 4) is 11.1 Å². The molecule has 0 radical (unpaired) electrons. The van der Waals surface area contributed by atoms with Crippen LogP contribution in [0.3, 0.4) is 0 Å². The molecule has 1 aromatic heterocycles. The maximum absolute atomic E-state index is 11.3. The lowest BCUT2D eigenvalue weighted by atomic mass is 10.1. The molecule has 4 nitrogen and oxygen atoms in total. The quantitative estimate of drug-likeness (QED) is 0.825. The normalized spacial score (nSPS) is 9.94. The van der Waals surface area contributed by atoms with Crippen molar-refractivity contribution in [3.05, 3.63) is 52.9 Å². The second-order valence-electron chi connectivity index (χ2n) is 3.67. The van der Waals surface area contributed by atoms with Gasteiger partial charge in [0.05, 0.1) is 5.69 Å². The van der Waals surface area contributed by atoms with Gasteiger partial charge in [0.1, 0.15) is 0 Å². The molecule has 2 N–H and O–H groups in total. The van der Waals surface area contributed by atoms with Crippen molar-refractivity contribution in [1.29, 1.82) is 0 Å². The summed E-state index contributed by atoms with van der Waals surface area (Å²) in [6.07, 6.45) is 1.51. The van der Waals surface area contributed by atoms with Crippen LogP contribution in [0.4, 0.5) is 5.69 Å². The first-order valence-electron chi connectivity index (χ1n) is 5.22. The molecule has 0 unspecified atom stereocenters. The number of benzene rings is 1. The Bertz CT molecular complexity index is 588. The van der Waals surface area contributed by atoms with Gasteiger partial charge in [0, 0.05) is 24.8 Å². The van der Waals surface area contributed by atoms with Gasteiger partial charge in [-0.3, -0.25) is 9.59 Å². The number of nitrogens with one attached hydrogen (secondary N) is 2. The smallest absolute Gasteiger partial charge is 0.248 e. The maximum atomic E-state index is 11.3. The third kappa shape index (κ3) is 2.60. The summed E-state index contributed by atoms with van der Waals surface area (Å²) in [6.45, 7) is 1.43. The standard InChI is InChI=1S/C13H12N2O2/c1-9(16)15-12-8-14-13(17)7-11(12)10-5-3-2-4-6-10/h2-8H,1H3,(H,14,17)(H,15,16). The number of amides is 1. The van der Waals surface area contributed by atoms with Crippen LogP contribution in [0.1, 0.15) is 6.92 Å². The van der Waals surface area contributed by atoms with Crippen LogP contribution >= 0.6 is 0 Å². The summed E-state index contributed by atoms with van der Waals surface area (Å²) >= 11 is 0. The SMILES string of the molecule is CC(=O)Nc1c[nH]c(=O)cc1-c1ccccc1. The van der Waals surface area contributed by atoms with Gasteiger partial charge in [0.2, 0.25) is 11.5 Å². The molecule has 86 valence electrons. The average molecular weight is 228 g/mol. The van der Waals surface area contributed by atoms with E-state index in [1.165, 1.54) is 19.2 Å². The summed E-state index contributed by atoms with van der Waals surface area (Å²) in [7, 11) is 0. The van der Waals surface area contributed by atoms with E-state index in [1.807, 2.05) is 30.3 Å². The van der Waals surface area contributed by atoms with Crippen LogP contribution in [0, 0.1) is 0 Å². The third-order valence-electron chi connectivity index (χ3n) is 2.32. The zero-order valence-electron chi connectivity index (χ0n) is 9.36. The van der Waals surface area contributed by atoms with Crippen LogP contribution in [-0.4, -0.2) is 10.9 Å². The maximum Gasteiger partial charge on any atom is 0.248 e. The lowest BCUT2D eigenvalue weighted by Crippen LogP contribution is -2.11. The summed E-state index contributed by atoms with van der Waals surface area (Å²) in [4.78, 5) is 25.0. The first-order chi connectivity index (χ1) is 8.16. The molecule has 0 fully saturated rings. The predicted octanol–water partition coefficient (Wildman–Crippen LogP) is 2.00. The lowest BCUT2D eigenvalue weighted by Gasteiger charge is -2.08. The number of hydrogen-bond donors (Lipinski definition) is 2. The van der Waals surface area contributed by atoms with E-state index in [1.54, 1.807) is 0 Å². The van der Waals surface area contributed by atoms with Crippen molar-refractivity contribution in [1.82, 2.24) is 4.98 Å². The first kappa shape index (κ1) is 11.1. The fraction of sp³-hybridized carbons (Fsp3) is 0.0769. The Morgan fingerprint density at radius 1 is 1.24 bits per heavy atom. The highest BCUT2D eigenvalue weighted by Crippen LogP contribution is 2.25. The summed E-state index contributed by atoms with van der Waals surface area (Å²) in [5, 5.41) is 2.69. The second kappa shape index (κ2) is 4.65. The zero-order valence-corrected chi connectivity index (χ0v) is 9.36. The van der Waals surface area contributed by atoms with Crippen LogP contribution in [0.5, 0.6) is 0 Å². The van der Waals surface area contributed by atoms with Gasteiger partial charge >= 0.3 is 0 Å². The van der Waals surface area contributed by atoms with Crippen molar-refractivity contribution in [3.63, 3.8) is 0 Å². The monoisotopic (exact) mass is 228 g/mol. The lowest BCUT2D eigenvalue weighted by molar-refractivity contribution is -0.114. The van der Waals surface area contributed by atoms with E-state index in [4.69, 9.17) is 0 Å². The Morgan fingerprint density at radius 3 is 2.59 bits per heavy atom. The number of hydrogen-bond acceptors (Lipinski definition) is 2. The number of aromatic amines is 1. The molecule has 0 saturated heterocycles. The van der Waals surface area contributed by atoms with Crippen molar-refractivity contribution in [2.45, 2.75) is 6.92 Å². The van der Waals surface area contributed by atoms with Crippen LogP contribution < -0.4 is 10.9 Å². The Labute approximate surface area is 98.3 Å². The molecular formula is C13H12N2O2. The molecule has 4 heteroatoms. The van der Waals surface area contributed by atoms with Crippen molar-refractivity contribution >= 4 is 11.6 Å². The van der Waals surface area contributed by atoms with E-state index in [0.717, 1.165) is 5.56 Å². The molecule has 0 aliphatic rings. The van der Waals surface area contributed by atoms with Gasteiger partial charge < -0.3 is 10.3 Å². The summed E-state index contributed by atoms with van der Waals surface area (Å²) in [5.74, 6) is -0.172. The first-order valence-corrected chi connectivity index (χ1v) is 5.22. The molecule has 1 heterocycles. The molecule has 0 spiro atoms. The minimum Gasteiger partial charge on any atom is -0.327 e. The van der Waals surface area contributed by atoms with Gasteiger partial charge in [0.15, 0.2) is 0 Å². The second-order valence-corrected chi connectivity index (χ2v) is 3.67. The van der Waals surface area contributed by atoms with Gasteiger partial charge in [-0.2, -0.15) is 0 Å². The Morgan fingerprint density at radius 2 is 1.94 bits per heavy atom. The predicted molar refractivity (Wildman–Crippen MR) is 66.8 cm³/mol. The number of H-pyrrole nitrogens is 1. The Hall–Kier alpha value is -2.36. The summed E-state index contributed by atoms with van der Waals surface area (Å²) in [6, 6.07) is 10.9. The van der Waals surface area contributed by atoms with E-state index in [0.29, 0.717) is 11.3 Å². The van der Waals surface area contributed by atoms with Gasteiger partial charge in [0.25, 0.3) is 0 Å². The Balaban J connectivity index is 2.55. The zero-order chi connectivity index (χ0) is 12.3. The molecule has 0 aliphatic carbocycles. The molecule has 0 saturated carbocycles. The largest absolute Gasteiger partial charge is 0.327 e. The van der Waals surface area contributed by atoms with E-state index < -0.39 is 0 Å². The number of rotatable bonds is 2. The summed E-state index contributed by atoms with van der Waals surface area (Å²) < 4.78 is 0.